The smallest absolute Gasteiger partial charge is 0.167 e. The van der Waals surface area contributed by atoms with Crippen LogP contribution in [-0.4, -0.2) is 33.0 Å². The largest absolute Gasteiger partial charge is 0.496 e. The number of methoxy groups -OCH3 is 3. The lowest BCUT2D eigenvalue weighted by Gasteiger charge is -2.15. The summed E-state index contributed by atoms with van der Waals surface area (Å²) < 4.78 is 15.8. The van der Waals surface area contributed by atoms with E-state index in [1.807, 2.05) is 6.07 Å². The maximum absolute atomic E-state index is 8.87. The van der Waals surface area contributed by atoms with Gasteiger partial charge in [0.05, 0.1) is 21.3 Å². The van der Waals surface area contributed by atoms with Gasteiger partial charge in [-0.1, -0.05) is 0 Å². The van der Waals surface area contributed by atoms with Crippen LogP contribution in [0.1, 0.15) is 12.0 Å². The van der Waals surface area contributed by atoms with Crippen molar-refractivity contribution in [2.24, 2.45) is 0 Å². The van der Waals surface area contributed by atoms with E-state index in [2.05, 4.69) is 0 Å². The highest BCUT2D eigenvalue weighted by Gasteiger charge is 2.14. The minimum Gasteiger partial charge on any atom is -0.496 e. The molecule has 0 saturated heterocycles. The maximum atomic E-state index is 8.87. The first-order valence-electron chi connectivity index (χ1n) is 5.17. The summed E-state index contributed by atoms with van der Waals surface area (Å²) in [5.41, 5.74) is 0.929. The summed E-state index contributed by atoms with van der Waals surface area (Å²) in [6.45, 7) is 0.142. The average Bonchev–Trinajstić information content (AvgIpc) is 2.34. The van der Waals surface area contributed by atoms with Crippen molar-refractivity contribution < 1.29 is 19.3 Å². The Morgan fingerprint density at radius 1 is 1.00 bits per heavy atom. The van der Waals surface area contributed by atoms with Crippen molar-refractivity contribution in [3.8, 4) is 17.2 Å². The zero-order valence-electron chi connectivity index (χ0n) is 9.95. The molecule has 1 aromatic carbocycles. The van der Waals surface area contributed by atoms with Crippen LogP contribution in [0.5, 0.6) is 17.2 Å². The Morgan fingerprint density at radius 3 is 2.12 bits per heavy atom. The first-order chi connectivity index (χ1) is 7.78. The third-order valence-electron chi connectivity index (χ3n) is 2.41. The predicted molar refractivity (Wildman–Crippen MR) is 61.5 cm³/mol. The van der Waals surface area contributed by atoms with Gasteiger partial charge in [-0.15, -0.1) is 0 Å². The van der Waals surface area contributed by atoms with Gasteiger partial charge in [-0.3, -0.25) is 0 Å². The minimum absolute atomic E-state index is 0.142. The molecule has 0 atom stereocenters. The lowest BCUT2D eigenvalue weighted by molar-refractivity contribution is 0.285. The molecule has 0 amide bonds. The van der Waals surface area contributed by atoms with Crippen LogP contribution in [0.3, 0.4) is 0 Å². The van der Waals surface area contributed by atoms with E-state index in [1.54, 1.807) is 27.4 Å². The summed E-state index contributed by atoms with van der Waals surface area (Å²) in [6, 6.07) is 3.65. The highest BCUT2D eigenvalue weighted by molar-refractivity contribution is 5.54. The summed E-state index contributed by atoms with van der Waals surface area (Å²) in [6.07, 6.45) is 1.36. The van der Waals surface area contributed by atoms with E-state index in [4.69, 9.17) is 19.3 Å². The van der Waals surface area contributed by atoms with Gasteiger partial charge in [-0.25, -0.2) is 0 Å². The molecule has 0 aliphatic carbocycles. The van der Waals surface area contributed by atoms with Gasteiger partial charge in [0, 0.05) is 12.2 Å². The Hall–Kier alpha value is -1.42. The number of hydrogen-bond donors (Lipinski definition) is 1. The number of aliphatic hydroxyl groups is 1. The van der Waals surface area contributed by atoms with E-state index in [-0.39, 0.29) is 6.61 Å². The van der Waals surface area contributed by atoms with Gasteiger partial charge in [0.1, 0.15) is 5.75 Å². The van der Waals surface area contributed by atoms with E-state index in [0.717, 1.165) is 11.3 Å². The van der Waals surface area contributed by atoms with E-state index in [0.29, 0.717) is 24.3 Å². The van der Waals surface area contributed by atoms with Crippen LogP contribution in [0.2, 0.25) is 0 Å². The summed E-state index contributed by atoms with van der Waals surface area (Å²) in [7, 11) is 4.81. The normalized spacial score (nSPS) is 10.0. The van der Waals surface area contributed by atoms with Crippen molar-refractivity contribution >= 4 is 0 Å². The molecule has 0 radical (unpaired) electrons. The van der Waals surface area contributed by atoms with Gasteiger partial charge in [-0.05, 0) is 25.0 Å². The number of aliphatic hydroxyl groups excluding tert-OH is 1. The second kappa shape index (κ2) is 6.23. The first kappa shape index (κ1) is 12.6. The van der Waals surface area contributed by atoms with Crippen molar-refractivity contribution in [2.45, 2.75) is 12.8 Å². The second-order valence-electron chi connectivity index (χ2n) is 3.31. The molecule has 1 rings (SSSR count). The van der Waals surface area contributed by atoms with Crippen LogP contribution in [0.15, 0.2) is 12.1 Å². The summed E-state index contributed by atoms with van der Waals surface area (Å²) in [5.74, 6) is 2.11. The van der Waals surface area contributed by atoms with Crippen molar-refractivity contribution in [1.82, 2.24) is 0 Å². The monoisotopic (exact) mass is 226 g/mol. The van der Waals surface area contributed by atoms with Crippen LogP contribution in [-0.2, 0) is 6.42 Å². The fourth-order valence-electron chi connectivity index (χ4n) is 1.66. The average molecular weight is 226 g/mol. The Labute approximate surface area is 95.8 Å². The Kier molecular flexibility index (Phi) is 4.92. The predicted octanol–water partition coefficient (Wildman–Crippen LogP) is 1.64. The molecule has 0 aromatic heterocycles. The summed E-state index contributed by atoms with van der Waals surface area (Å²) in [5, 5.41) is 8.87. The minimum atomic E-state index is 0.142. The Bertz CT molecular complexity index is 336. The zero-order chi connectivity index (χ0) is 12.0. The van der Waals surface area contributed by atoms with E-state index >= 15 is 0 Å². The molecular weight excluding hydrogens is 208 g/mol. The lowest BCUT2D eigenvalue weighted by Crippen LogP contribution is -2.00. The number of benzene rings is 1. The second-order valence-corrected chi connectivity index (χ2v) is 3.31. The standard InChI is InChI=1S/C12H18O4/c1-14-10-6-7-11(15-2)12(16-3)9(10)5-4-8-13/h6-7,13H,4-5,8H2,1-3H3. The number of ether oxygens (including phenoxy) is 3. The topological polar surface area (TPSA) is 47.9 Å². The molecule has 0 aliphatic heterocycles. The van der Waals surface area contributed by atoms with Crippen LogP contribution in [0.25, 0.3) is 0 Å². The molecule has 0 aliphatic rings. The van der Waals surface area contributed by atoms with Gasteiger partial charge in [0.15, 0.2) is 11.5 Å². The van der Waals surface area contributed by atoms with E-state index in [9.17, 15) is 0 Å². The molecule has 0 fully saturated rings. The molecule has 1 N–H and O–H groups in total. The molecular formula is C12H18O4. The molecule has 0 bridgehead atoms. The zero-order valence-corrected chi connectivity index (χ0v) is 9.95. The quantitative estimate of drug-likeness (QED) is 0.801. The van der Waals surface area contributed by atoms with Crippen LogP contribution in [0.4, 0.5) is 0 Å². The SMILES string of the molecule is COc1ccc(OC)c(OC)c1CCCO. The van der Waals surface area contributed by atoms with Crippen molar-refractivity contribution in [3.05, 3.63) is 17.7 Å². The molecule has 0 heterocycles. The van der Waals surface area contributed by atoms with Gasteiger partial charge in [-0.2, -0.15) is 0 Å². The van der Waals surface area contributed by atoms with Gasteiger partial charge in [0.2, 0.25) is 0 Å². The van der Waals surface area contributed by atoms with Crippen molar-refractivity contribution in [2.75, 3.05) is 27.9 Å². The summed E-state index contributed by atoms with van der Waals surface area (Å²) >= 11 is 0. The molecule has 0 spiro atoms. The fourth-order valence-corrected chi connectivity index (χ4v) is 1.66. The van der Waals surface area contributed by atoms with Gasteiger partial charge >= 0.3 is 0 Å². The van der Waals surface area contributed by atoms with E-state index in [1.165, 1.54) is 0 Å². The van der Waals surface area contributed by atoms with Crippen molar-refractivity contribution in [1.29, 1.82) is 0 Å². The third kappa shape index (κ3) is 2.58. The highest BCUT2D eigenvalue weighted by atomic mass is 16.5. The molecule has 0 saturated carbocycles. The van der Waals surface area contributed by atoms with Crippen molar-refractivity contribution in [3.63, 3.8) is 0 Å². The van der Waals surface area contributed by atoms with Gasteiger partial charge in [0.25, 0.3) is 0 Å². The number of rotatable bonds is 6. The molecule has 0 unspecified atom stereocenters. The Morgan fingerprint density at radius 2 is 1.62 bits per heavy atom. The molecule has 4 heteroatoms. The van der Waals surface area contributed by atoms with Gasteiger partial charge < -0.3 is 19.3 Å². The van der Waals surface area contributed by atoms with Crippen LogP contribution < -0.4 is 14.2 Å². The van der Waals surface area contributed by atoms with Crippen LogP contribution >= 0.6 is 0 Å². The third-order valence-corrected chi connectivity index (χ3v) is 2.41. The highest BCUT2D eigenvalue weighted by Crippen LogP contribution is 2.37. The molecule has 4 nitrogen and oxygen atoms in total. The van der Waals surface area contributed by atoms with E-state index < -0.39 is 0 Å². The molecule has 1 aromatic rings. The van der Waals surface area contributed by atoms with Crippen LogP contribution in [0, 0.1) is 0 Å². The Balaban J connectivity index is 3.14. The number of hydrogen-bond acceptors (Lipinski definition) is 4. The molecule has 16 heavy (non-hydrogen) atoms. The first-order valence-corrected chi connectivity index (χ1v) is 5.17. The molecule has 90 valence electrons. The summed E-state index contributed by atoms with van der Waals surface area (Å²) in [4.78, 5) is 0. The maximum Gasteiger partial charge on any atom is 0.167 e. The lowest BCUT2D eigenvalue weighted by atomic mass is 10.1. The fraction of sp³-hybridized carbons (Fsp3) is 0.500.